The number of hydrogen-bond acceptors (Lipinski definition) is 9. The van der Waals surface area contributed by atoms with Gasteiger partial charge < -0.3 is 14.8 Å². The zero-order valence-corrected chi connectivity index (χ0v) is 27.4. The van der Waals surface area contributed by atoms with Crippen molar-refractivity contribution in [1.82, 2.24) is 10.4 Å². The predicted octanol–water partition coefficient (Wildman–Crippen LogP) is 8.46. The summed E-state index contributed by atoms with van der Waals surface area (Å²) in [6.45, 7) is 2.49. The average Bonchev–Trinajstić information content (AvgIpc) is 3.50. The molecule has 1 amide bonds. The van der Waals surface area contributed by atoms with E-state index in [1.807, 2.05) is 54.8 Å². The molecule has 1 heterocycles. The SMILES string of the molecule is CCOc1cc(/C=N\NC(=O)c2ccc(-c3csc(Nc4ccc(Cl)cc4)n3)cc2)cc(I)c1OCc1ccc([N+](=O)[O-])cc1. The Morgan fingerprint density at radius 3 is 2.49 bits per heavy atom. The molecule has 0 unspecified atom stereocenters. The Balaban J connectivity index is 1.19. The Bertz CT molecular complexity index is 1830. The lowest BCUT2D eigenvalue weighted by atomic mass is 10.1. The van der Waals surface area contributed by atoms with Gasteiger partial charge in [0.1, 0.15) is 6.61 Å². The number of halogens is 2. The van der Waals surface area contributed by atoms with Crippen LogP contribution < -0.4 is 20.2 Å². The third-order valence-electron chi connectivity index (χ3n) is 6.28. The predicted molar refractivity (Wildman–Crippen MR) is 185 cm³/mol. The molecule has 0 aliphatic rings. The molecule has 0 bridgehead atoms. The minimum Gasteiger partial charge on any atom is -0.490 e. The largest absolute Gasteiger partial charge is 0.490 e. The molecule has 0 saturated carbocycles. The van der Waals surface area contributed by atoms with Gasteiger partial charge in [-0.3, -0.25) is 14.9 Å². The standard InChI is InChI=1S/C32H25ClIN5O5S/c1-2-43-29-16-21(15-27(34)30(29)44-18-20-3-13-26(14-4-20)39(41)42)17-35-38-31(40)23-7-5-22(6-8-23)28-19-45-32(37-28)36-25-11-9-24(33)10-12-25/h3-17,19H,2,18H2,1H3,(H,36,37)(H,38,40)/b35-17-. The van der Waals surface area contributed by atoms with Crippen molar-refractivity contribution in [1.29, 1.82) is 0 Å². The minimum absolute atomic E-state index is 0.0182. The second-order valence-corrected chi connectivity index (χ2v) is 11.9. The average molecular weight is 754 g/mol. The van der Waals surface area contributed by atoms with Gasteiger partial charge in [0, 0.05) is 39.3 Å². The van der Waals surface area contributed by atoms with Crippen LogP contribution in [0.4, 0.5) is 16.5 Å². The number of amides is 1. The van der Waals surface area contributed by atoms with Gasteiger partial charge in [-0.05, 0) is 101 Å². The number of carbonyl (C=O) groups excluding carboxylic acids is 1. The van der Waals surface area contributed by atoms with Gasteiger partial charge in [0.15, 0.2) is 16.6 Å². The number of anilines is 2. The van der Waals surface area contributed by atoms with Gasteiger partial charge in [-0.15, -0.1) is 11.3 Å². The van der Waals surface area contributed by atoms with Crippen molar-refractivity contribution in [2.75, 3.05) is 11.9 Å². The van der Waals surface area contributed by atoms with Gasteiger partial charge in [-0.1, -0.05) is 23.7 Å². The summed E-state index contributed by atoms with van der Waals surface area (Å²) >= 11 is 9.58. The van der Waals surface area contributed by atoms with Crippen molar-refractivity contribution in [3.8, 4) is 22.8 Å². The first kappa shape index (κ1) is 31.9. The molecule has 5 rings (SSSR count). The van der Waals surface area contributed by atoms with Gasteiger partial charge in [0.05, 0.1) is 27.0 Å². The van der Waals surface area contributed by atoms with Gasteiger partial charge in [0.2, 0.25) is 0 Å². The van der Waals surface area contributed by atoms with Gasteiger partial charge >= 0.3 is 0 Å². The van der Waals surface area contributed by atoms with Crippen molar-refractivity contribution >= 4 is 74.2 Å². The van der Waals surface area contributed by atoms with Gasteiger partial charge in [-0.2, -0.15) is 5.10 Å². The van der Waals surface area contributed by atoms with Crippen LogP contribution in [0, 0.1) is 13.7 Å². The number of nitro groups is 1. The number of nitrogens with zero attached hydrogens (tertiary/aromatic N) is 3. The van der Waals surface area contributed by atoms with Crippen LogP contribution >= 0.6 is 45.5 Å². The molecular formula is C32H25ClIN5O5S. The van der Waals surface area contributed by atoms with E-state index < -0.39 is 4.92 Å². The highest BCUT2D eigenvalue weighted by Gasteiger charge is 2.14. The van der Waals surface area contributed by atoms with E-state index >= 15 is 0 Å². The lowest BCUT2D eigenvalue weighted by Gasteiger charge is -2.14. The first-order valence-electron chi connectivity index (χ1n) is 13.5. The van der Waals surface area contributed by atoms with Crippen LogP contribution in [0.1, 0.15) is 28.4 Å². The van der Waals surface area contributed by atoms with Crippen LogP contribution in [0.25, 0.3) is 11.3 Å². The fraction of sp³-hybridized carbons (Fsp3) is 0.0938. The van der Waals surface area contributed by atoms with E-state index in [2.05, 4.69) is 43.4 Å². The van der Waals surface area contributed by atoms with E-state index in [4.69, 9.17) is 21.1 Å². The number of nitro benzene ring substituents is 1. The van der Waals surface area contributed by atoms with Crippen LogP contribution in [0.2, 0.25) is 5.02 Å². The minimum atomic E-state index is -0.443. The zero-order valence-electron chi connectivity index (χ0n) is 23.7. The van der Waals surface area contributed by atoms with Gasteiger partial charge in [-0.25, -0.2) is 10.4 Å². The summed E-state index contributed by atoms with van der Waals surface area (Å²) in [5.41, 5.74) is 7.07. The van der Waals surface area contributed by atoms with E-state index in [0.29, 0.717) is 34.3 Å². The monoisotopic (exact) mass is 753 g/mol. The molecule has 228 valence electrons. The van der Waals surface area contributed by atoms with Crippen molar-refractivity contribution in [2.45, 2.75) is 13.5 Å². The van der Waals surface area contributed by atoms with E-state index in [0.717, 1.165) is 31.2 Å². The molecule has 0 aliphatic heterocycles. The third-order valence-corrected chi connectivity index (χ3v) is 8.10. The number of nitrogens with one attached hydrogen (secondary N) is 2. The van der Waals surface area contributed by atoms with Crippen LogP contribution in [-0.2, 0) is 6.61 Å². The Labute approximate surface area is 281 Å². The van der Waals surface area contributed by atoms with Crippen molar-refractivity contribution in [2.24, 2.45) is 5.10 Å². The molecule has 0 spiro atoms. The molecule has 5 aromatic rings. The first-order valence-corrected chi connectivity index (χ1v) is 15.9. The molecule has 4 aromatic carbocycles. The molecule has 0 aliphatic carbocycles. The Morgan fingerprint density at radius 2 is 1.80 bits per heavy atom. The van der Waals surface area contributed by atoms with Crippen molar-refractivity contribution in [3.63, 3.8) is 0 Å². The number of carbonyl (C=O) groups is 1. The highest BCUT2D eigenvalue weighted by atomic mass is 127. The number of non-ortho nitro benzene ring substituents is 1. The molecule has 0 atom stereocenters. The third kappa shape index (κ3) is 8.56. The molecule has 0 saturated heterocycles. The number of ether oxygens (including phenoxy) is 2. The maximum atomic E-state index is 12.7. The number of hydrogen-bond donors (Lipinski definition) is 2. The molecule has 0 fully saturated rings. The summed E-state index contributed by atoms with van der Waals surface area (Å²) in [6.07, 6.45) is 1.53. The summed E-state index contributed by atoms with van der Waals surface area (Å²) in [4.78, 5) is 27.8. The second kappa shape index (κ2) is 15.0. The number of benzene rings is 4. The van der Waals surface area contributed by atoms with E-state index in [9.17, 15) is 14.9 Å². The van der Waals surface area contributed by atoms with Crippen LogP contribution in [0.3, 0.4) is 0 Å². The summed E-state index contributed by atoms with van der Waals surface area (Å²) in [7, 11) is 0. The number of hydrazone groups is 1. The highest BCUT2D eigenvalue weighted by Crippen LogP contribution is 2.35. The zero-order chi connectivity index (χ0) is 31.8. The molecule has 10 nitrogen and oxygen atoms in total. The normalized spacial score (nSPS) is 10.9. The molecule has 2 N–H and O–H groups in total. The van der Waals surface area contributed by atoms with Crippen molar-refractivity contribution in [3.05, 3.63) is 126 Å². The summed E-state index contributed by atoms with van der Waals surface area (Å²) in [5.74, 6) is 0.706. The quantitative estimate of drug-likeness (QED) is 0.0567. The Hall–Kier alpha value is -4.53. The summed E-state index contributed by atoms with van der Waals surface area (Å²) in [6, 6.07) is 24.3. The fourth-order valence-electron chi connectivity index (χ4n) is 4.08. The van der Waals surface area contributed by atoms with Crippen LogP contribution in [0.5, 0.6) is 11.5 Å². The summed E-state index contributed by atoms with van der Waals surface area (Å²) < 4.78 is 12.6. The molecule has 45 heavy (non-hydrogen) atoms. The summed E-state index contributed by atoms with van der Waals surface area (Å²) in [5, 5.41) is 21.6. The lowest BCUT2D eigenvalue weighted by Crippen LogP contribution is -2.17. The number of rotatable bonds is 12. The molecule has 1 aromatic heterocycles. The van der Waals surface area contributed by atoms with Crippen LogP contribution in [-0.4, -0.2) is 28.6 Å². The first-order chi connectivity index (χ1) is 21.8. The number of thiazole rings is 1. The van der Waals surface area contributed by atoms with E-state index in [1.165, 1.54) is 29.7 Å². The second-order valence-electron chi connectivity index (χ2n) is 9.42. The van der Waals surface area contributed by atoms with E-state index in [1.54, 1.807) is 30.3 Å². The maximum absolute atomic E-state index is 12.7. The van der Waals surface area contributed by atoms with E-state index in [-0.39, 0.29) is 18.2 Å². The fourth-order valence-corrected chi connectivity index (χ4v) is 5.72. The Morgan fingerprint density at radius 1 is 1.07 bits per heavy atom. The van der Waals surface area contributed by atoms with Crippen molar-refractivity contribution < 1.29 is 19.2 Å². The smallest absolute Gasteiger partial charge is 0.271 e. The van der Waals surface area contributed by atoms with Gasteiger partial charge in [0.25, 0.3) is 11.6 Å². The molecule has 0 radical (unpaired) electrons. The molecular weight excluding hydrogens is 729 g/mol. The van der Waals surface area contributed by atoms with Crippen LogP contribution in [0.15, 0.2) is 95.4 Å². The maximum Gasteiger partial charge on any atom is 0.271 e. The molecule has 13 heteroatoms. The Kier molecular flexibility index (Phi) is 10.6. The lowest BCUT2D eigenvalue weighted by molar-refractivity contribution is -0.384. The number of aromatic nitrogens is 1. The highest BCUT2D eigenvalue weighted by molar-refractivity contribution is 14.1. The topological polar surface area (TPSA) is 128 Å².